The Morgan fingerprint density at radius 2 is 1.48 bits per heavy atom. The lowest BCUT2D eigenvalue weighted by Gasteiger charge is -2.36. The minimum atomic E-state index is -1.81. The zero-order valence-corrected chi connectivity index (χ0v) is 16.6. The molecular formula is C21H20O12. The van der Waals surface area contributed by atoms with Crippen LogP contribution in [0.25, 0.3) is 22.3 Å². The Balaban J connectivity index is 0.000000205. The highest BCUT2D eigenvalue weighted by Crippen LogP contribution is 2.40. The molecule has 0 amide bonds. The molecule has 0 aliphatic carbocycles. The maximum Gasteiger partial charge on any atom is 0.335 e. The van der Waals surface area contributed by atoms with E-state index < -0.39 is 59.4 Å². The third-order valence-corrected chi connectivity index (χ3v) is 4.84. The third-order valence-electron chi connectivity index (χ3n) is 4.84. The Hall–Kier alpha value is -3.68. The molecule has 1 aliphatic heterocycles. The van der Waals surface area contributed by atoms with Crippen LogP contribution in [0.15, 0.2) is 51.7 Å². The van der Waals surface area contributed by atoms with E-state index in [-0.39, 0.29) is 11.0 Å². The van der Waals surface area contributed by atoms with Crippen molar-refractivity contribution in [1.82, 2.24) is 0 Å². The van der Waals surface area contributed by atoms with E-state index in [9.17, 15) is 24.9 Å². The van der Waals surface area contributed by atoms with Gasteiger partial charge in [0, 0.05) is 17.7 Å². The van der Waals surface area contributed by atoms with Crippen molar-refractivity contribution in [3.05, 3.63) is 52.7 Å². The van der Waals surface area contributed by atoms with E-state index in [1.165, 1.54) is 6.07 Å². The molecule has 5 atom stereocenters. The maximum absolute atomic E-state index is 12.0. The molecule has 2 aromatic carbocycles. The van der Waals surface area contributed by atoms with Gasteiger partial charge in [0.05, 0.1) is 0 Å². The summed E-state index contributed by atoms with van der Waals surface area (Å²) in [5, 5.41) is 72.8. The normalized spacial score (nSPS) is 24.7. The Kier molecular flexibility index (Phi) is 6.86. The van der Waals surface area contributed by atoms with Gasteiger partial charge in [-0.25, -0.2) is 4.79 Å². The first kappa shape index (κ1) is 24.0. The van der Waals surface area contributed by atoms with Gasteiger partial charge in [0.2, 0.25) is 5.75 Å². The lowest BCUT2D eigenvalue weighted by atomic mass is 9.99. The molecule has 176 valence electrons. The zero-order valence-electron chi connectivity index (χ0n) is 16.6. The summed E-state index contributed by atoms with van der Waals surface area (Å²) in [4.78, 5) is 22.4. The second-order valence-corrected chi connectivity index (χ2v) is 7.06. The molecule has 1 aromatic heterocycles. The van der Waals surface area contributed by atoms with Crippen LogP contribution in [0.4, 0.5) is 0 Å². The first-order valence-electron chi connectivity index (χ1n) is 9.40. The lowest BCUT2D eigenvalue weighted by Crippen LogP contribution is -2.59. The summed E-state index contributed by atoms with van der Waals surface area (Å²) in [6.07, 6.45) is -8.72. The van der Waals surface area contributed by atoms with Crippen LogP contribution >= 0.6 is 0 Å². The number of benzene rings is 2. The van der Waals surface area contributed by atoms with E-state index in [0.717, 1.165) is 6.07 Å². The Morgan fingerprint density at radius 1 is 0.848 bits per heavy atom. The second-order valence-electron chi connectivity index (χ2n) is 7.06. The average molecular weight is 464 g/mol. The van der Waals surface area contributed by atoms with Gasteiger partial charge in [-0.05, 0) is 0 Å². The van der Waals surface area contributed by atoms with E-state index >= 15 is 0 Å². The summed E-state index contributed by atoms with van der Waals surface area (Å²) in [7, 11) is 0. The zero-order chi connectivity index (χ0) is 24.4. The Labute approximate surface area is 184 Å². The van der Waals surface area contributed by atoms with E-state index in [4.69, 9.17) is 29.9 Å². The number of ether oxygens (including phenoxy) is 1. The fourth-order valence-corrected chi connectivity index (χ4v) is 3.09. The molecule has 12 heteroatoms. The molecule has 1 aliphatic rings. The number of carboxylic acids is 1. The highest BCUT2D eigenvalue weighted by molar-refractivity contribution is 5.89. The fraction of sp³-hybridized carbons (Fsp3) is 0.238. The maximum atomic E-state index is 12.0. The number of aliphatic carboxylic acids is 1. The molecule has 0 radical (unpaired) electrons. The molecule has 2 heterocycles. The predicted octanol–water partition coefficient (Wildman–Crippen LogP) is -0.552. The van der Waals surface area contributed by atoms with Gasteiger partial charge >= 0.3 is 5.97 Å². The van der Waals surface area contributed by atoms with Crippen molar-refractivity contribution in [2.24, 2.45) is 0 Å². The third kappa shape index (κ3) is 4.74. The van der Waals surface area contributed by atoms with Gasteiger partial charge < -0.3 is 50.0 Å². The van der Waals surface area contributed by atoms with Crippen molar-refractivity contribution in [2.75, 3.05) is 0 Å². The summed E-state index contributed by atoms with van der Waals surface area (Å²) in [5.74, 6) is -3.18. The molecule has 3 aromatic rings. The fourth-order valence-electron chi connectivity index (χ4n) is 3.09. The van der Waals surface area contributed by atoms with Crippen molar-refractivity contribution in [2.45, 2.75) is 30.7 Å². The molecule has 0 saturated carbocycles. The number of phenols is 3. The summed E-state index contributed by atoms with van der Waals surface area (Å²) >= 11 is 0. The van der Waals surface area contributed by atoms with Crippen molar-refractivity contribution in [3.63, 3.8) is 0 Å². The van der Waals surface area contributed by atoms with Crippen LogP contribution in [0.1, 0.15) is 0 Å². The monoisotopic (exact) mass is 464 g/mol. The van der Waals surface area contributed by atoms with Gasteiger partial charge in [0.15, 0.2) is 29.3 Å². The summed E-state index contributed by atoms with van der Waals surface area (Å²) < 4.78 is 9.85. The highest BCUT2D eigenvalue weighted by atomic mass is 16.6. The SMILES string of the molecule is O=C(O)[C@H]1O[C@@H](O)[C@H](O)[C@@H](O)[C@@H]1O.O=c1cc(-c2ccccc2)oc2cc(O)c(O)c(O)c12. The first-order chi connectivity index (χ1) is 15.5. The number of carbonyl (C=O) groups is 1. The standard InChI is InChI=1S/C15H10O5.C6H10O7/c16-9-6-11(8-4-2-1-3-5-8)20-12-7-10(17)14(18)15(19)13(9)12;7-1-2(8)4(5(10)11)13-6(12)3(1)9/h1-7,17-19H;1-4,6-9,12H,(H,10,11)/t;1-,2-,3+,4-,6+/m.0/s1. The van der Waals surface area contributed by atoms with E-state index in [1.807, 2.05) is 6.07 Å². The number of aromatic hydroxyl groups is 3. The van der Waals surface area contributed by atoms with Gasteiger partial charge in [-0.2, -0.15) is 0 Å². The average Bonchev–Trinajstić information content (AvgIpc) is 2.79. The van der Waals surface area contributed by atoms with Crippen LogP contribution < -0.4 is 5.43 Å². The number of rotatable bonds is 2. The molecule has 1 saturated heterocycles. The molecule has 1 fully saturated rings. The lowest BCUT2D eigenvalue weighted by molar-refractivity contribution is -0.279. The molecule has 8 N–H and O–H groups in total. The van der Waals surface area contributed by atoms with Gasteiger partial charge in [0.1, 0.15) is 35.0 Å². The number of hydrogen-bond acceptors (Lipinski definition) is 11. The molecule has 0 unspecified atom stereocenters. The van der Waals surface area contributed by atoms with Crippen LogP contribution in [0.3, 0.4) is 0 Å². The number of carboxylic acid groups (broad SMARTS) is 1. The van der Waals surface area contributed by atoms with Gasteiger partial charge in [-0.1, -0.05) is 30.3 Å². The quantitative estimate of drug-likeness (QED) is 0.224. The van der Waals surface area contributed by atoms with Gasteiger partial charge in [0.25, 0.3) is 0 Å². The minimum Gasteiger partial charge on any atom is -0.504 e. The first-order valence-corrected chi connectivity index (χ1v) is 9.40. The Bertz CT molecular complexity index is 1210. The van der Waals surface area contributed by atoms with E-state index in [1.54, 1.807) is 24.3 Å². The van der Waals surface area contributed by atoms with Crippen LogP contribution in [0, 0.1) is 0 Å². The van der Waals surface area contributed by atoms with Crippen molar-refractivity contribution >= 4 is 16.9 Å². The van der Waals surface area contributed by atoms with Crippen molar-refractivity contribution in [1.29, 1.82) is 0 Å². The minimum absolute atomic E-state index is 0.00385. The topological polar surface area (TPSA) is 218 Å². The van der Waals surface area contributed by atoms with Gasteiger partial charge in [-0.3, -0.25) is 4.79 Å². The van der Waals surface area contributed by atoms with E-state index in [2.05, 4.69) is 4.74 Å². The molecular weight excluding hydrogens is 444 g/mol. The van der Waals surface area contributed by atoms with Crippen molar-refractivity contribution in [3.8, 4) is 28.6 Å². The molecule has 12 nitrogen and oxygen atoms in total. The number of aliphatic hydroxyl groups is 4. The highest BCUT2D eigenvalue weighted by Gasteiger charge is 2.46. The van der Waals surface area contributed by atoms with E-state index in [0.29, 0.717) is 11.3 Å². The number of fused-ring (bicyclic) bond motifs is 1. The van der Waals surface area contributed by atoms with Crippen LogP contribution in [-0.2, 0) is 9.53 Å². The van der Waals surface area contributed by atoms with Crippen LogP contribution in [-0.4, -0.2) is 77.5 Å². The molecule has 0 spiro atoms. The largest absolute Gasteiger partial charge is 0.504 e. The summed E-state index contributed by atoms with van der Waals surface area (Å²) in [6.45, 7) is 0. The summed E-state index contributed by atoms with van der Waals surface area (Å²) in [6, 6.07) is 11.3. The van der Waals surface area contributed by atoms with Gasteiger partial charge in [-0.15, -0.1) is 0 Å². The predicted molar refractivity (Wildman–Crippen MR) is 109 cm³/mol. The second kappa shape index (κ2) is 9.44. The van der Waals surface area contributed by atoms with Crippen LogP contribution in [0.2, 0.25) is 0 Å². The molecule has 0 bridgehead atoms. The summed E-state index contributed by atoms with van der Waals surface area (Å²) in [5.41, 5.74) is 0.195. The number of phenolic OH excluding ortho intramolecular Hbond substituents is 3. The number of aliphatic hydroxyl groups excluding tert-OH is 4. The number of hydrogen-bond donors (Lipinski definition) is 8. The van der Waals surface area contributed by atoms with Crippen LogP contribution in [0.5, 0.6) is 17.2 Å². The Morgan fingerprint density at radius 3 is 2.09 bits per heavy atom. The van der Waals surface area contributed by atoms with Crippen molar-refractivity contribution < 1.29 is 54.8 Å². The molecule has 33 heavy (non-hydrogen) atoms. The smallest absolute Gasteiger partial charge is 0.335 e. The molecule has 4 rings (SSSR count).